The summed E-state index contributed by atoms with van der Waals surface area (Å²) in [6.45, 7) is 4.13. The fraction of sp³-hybridized carbons (Fsp3) is 0.500. The molecule has 0 spiro atoms. The molecule has 20 heavy (non-hydrogen) atoms. The number of aliphatic hydroxyl groups is 1. The van der Waals surface area contributed by atoms with Gasteiger partial charge in [-0.15, -0.1) is 0 Å². The Labute approximate surface area is 123 Å². The minimum Gasteiger partial charge on any atom is -0.390 e. The fourth-order valence-electron chi connectivity index (χ4n) is 2.14. The Kier molecular flexibility index (Phi) is 5.62. The Morgan fingerprint density at radius 3 is 2.90 bits per heavy atom. The molecule has 2 rings (SSSR count). The van der Waals surface area contributed by atoms with Gasteiger partial charge in [0.2, 0.25) is 0 Å². The van der Waals surface area contributed by atoms with E-state index in [2.05, 4.69) is 16.3 Å². The molecule has 1 aliphatic rings. The van der Waals surface area contributed by atoms with Crippen molar-refractivity contribution in [3.05, 3.63) is 28.8 Å². The average Bonchev–Trinajstić information content (AvgIpc) is 2.47. The van der Waals surface area contributed by atoms with Gasteiger partial charge in [0, 0.05) is 31.2 Å². The van der Waals surface area contributed by atoms with Crippen LogP contribution in [-0.2, 0) is 4.74 Å². The Hall–Kier alpha value is -1.32. The van der Waals surface area contributed by atoms with Crippen LogP contribution >= 0.6 is 11.6 Å². The van der Waals surface area contributed by atoms with Gasteiger partial charge in [-0.25, -0.2) is 0 Å². The number of nitriles is 1. The van der Waals surface area contributed by atoms with Crippen molar-refractivity contribution in [3.63, 3.8) is 0 Å². The first-order valence-corrected chi connectivity index (χ1v) is 6.98. The van der Waals surface area contributed by atoms with Crippen LogP contribution < -0.4 is 5.32 Å². The fourth-order valence-corrected chi connectivity index (χ4v) is 2.31. The summed E-state index contributed by atoms with van der Waals surface area (Å²) in [4.78, 5) is 2.17. The van der Waals surface area contributed by atoms with Crippen LogP contribution in [0, 0.1) is 11.3 Å². The molecule has 1 saturated heterocycles. The topological polar surface area (TPSA) is 68.5 Å². The first-order valence-electron chi connectivity index (χ1n) is 6.60. The number of rotatable bonds is 5. The van der Waals surface area contributed by atoms with Gasteiger partial charge in [-0.05, 0) is 18.2 Å². The second-order valence-corrected chi connectivity index (χ2v) is 5.19. The lowest BCUT2D eigenvalue weighted by Gasteiger charge is -2.28. The minimum absolute atomic E-state index is 0.396. The van der Waals surface area contributed by atoms with Crippen molar-refractivity contribution in [2.24, 2.45) is 0 Å². The van der Waals surface area contributed by atoms with Crippen LogP contribution in [0.25, 0.3) is 0 Å². The predicted molar refractivity (Wildman–Crippen MR) is 77.9 cm³/mol. The predicted octanol–water partition coefficient (Wildman–Crippen LogP) is 1.32. The molecule has 0 aromatic heterocycles. The molecule has 108 valence electrons. The number of hydrogen-bond donors (Lipinski definition) is 2. The number of anilines is 1. The van der Waals surface area contributed by atoms with Gasteiger partial charge < -0.3 is 15.2 Å². The van der Waals surface area contributed by atoms with E-state index in [0.29, 0.717) is 29.4 Å². The Bertz CT molecular complexity index is 484. The van der Waals surface area contributed by atoms with Crippen molar-refractivity contribution in [1.82, 2.24) is 4.90 Å². The summed E-state index contributed by atoms with van der Waals surface area (Å²) in [7, 11) is 0. The molecule has 5 nitrogen and oxygen atoms in total. The van der Waals surface area contributed by atoms with E-state index in [1.807, 2.05) is 0 Å². The zero-order valence-corrected chi connectivity index (χ0v) is 11.9. The van der Waals surface area contributed by atoms with E-state index < -0.39 is 6.10 Å². The zero-order valence-electron chi connectivity index (χ0n) is 11.2. The molecule has 0 saturated carbocycles. The second kappa shape index (κ2) is 7.46. The van der Waals surface area contributed by atoms with Crippen LogP contribution in [0.5, 0.6) is 0 Å². The Balaban J connectivity index is 1.83. The first-order chi connectivity index (χ1) is 9.69. The Morgan fingerprint density at radius 2 is 2.20 bits per heavy atom. The molecular formula is C14H18ClN3O2. The van der Waals surface area contributed by atoms with Crippen LogP contribution in [0.15, 0.2) is 18.2 Å². The van der Waals surface area contributed by atoms with Gasteiger partial charge in [0.1, 0.15) is 6.07 Å². The van der Waals surface area contributed by atoms with Crippen LogP contribution in [0.4, 0.5) is 5.69 Å². The third kappa shape index (κ3) is 4.36. The molecule has 0 aliphatic carbocycles. The van der Waals surface area contributed by atoms with Crippen molar-refractivity contribution in [1.29, 1.82) is 5.26 Å². The number of aliphatic hydroxyl groups excluding tert-OH is 1. The minimum atomic E-state index is -0.490. The summed E-state index contributed by atoms with van der Waals surface area (Å²) < 4.78 is 5.26. The summed E-state index contributed by atoms with van der Waals surface area (Å²) in [6.07, 6.45) is -0.490. The van der Waals surface area contributed by atoms with Crippen molar-refractivity contribution >= 4 is 17.3 Å². The van der Waals surface area contributed by atoms with E-state index in [4.69, 9.17) is 21.6 Å². The van der Waals surface area contributed by atoms with E-state index in [1.54, 1.807) is 18.2 Å². The maximum absolute atomic E-state index is 10.0. The highest BCUT2D eigenvalue weighted by atomic mass is 35.5. The van der Waals surface area contributed by atoms with Crippen LogP contribution in [-0.4, -0.2) is 55.5 Å². The standard InChI is InChI=1S/C14H18ClN3O2/c15-12-1-2-14(11(7-12)8-16)17-9-13(19)10-18-3-5-20-6-4-18/h1-2,7,13,17,19H,3-6,9-10H2/t13-/m0/s1. The van der Waals surface area contributed by atoms with Crippen LogP contribution in [0.1, 0.15) is 5.56 Å². The molecule has 1 fully saturated rings. The zero-order chi connectivity index (χ0) is 14.4. The maximum Gasteiger partial charge on any atom is 0.101 e. The molecule has 1 aliphatic heterocycles. The lowest BCUT2D eigenvalue weighted by molar-refractivity contribution is 0.0171. The molecule has 6 heteroatoms. The molecule has 1 atom stereocenters. The number of halogens is 1. The molecule has 2 N–H and O–H groups in total. The molecule has 0 amide bonds. The van der Waals surface area contributed by atoms with Crippen LogP contribution in [0.3, 0.4) is 0 Å². The first kappa shape index (κ1) is 15.1. The number of morpholine rings is 1. The quantitative estimate of drug-likeness (QED) is 0.857. The normalized spacial score (nSPS) is 17.4. The Morgan fingerprint density at radius 1 is 1.45 bits per heavy atom. The molecule has 1 heterocycles. The summed E-state index contributed by atoms with van der Waals surface area (Å²) in [5.41, 5.74) is 1.18. The third-order valence-corrected chi connectivity index (χ3v) is 3.44. The van der Waals surface area contributed by atoms with Crippen molar-refractivity contribution < 1.29 is 9.84 Å². The van der Waals surface area contributed by atoms with Gasteiger partial charge in [-0.3, -0.25) is 4.90 Å². The number of nitrogens with one attached hydrogen (secondary N) is 1. The van der Waals surface area contributed by atoms with E-state index in [1.165, 1.54) is 0 Å². The maximum atomic E-state index is 10.0. The summed E-state index contributed by atoms with van der Waals surface area (Å²) >= 11 is 5.84. The van der Waals surface area contributed by atoms with Gasteiger partial charge in [-0.2, -0.15) is 5.26 Å². The van der Waals surface area contributed by atoms with Gasteiger partial charge >= 0.3 is 0 Å². The highest BCUT2D eigenvalue weighted by Crippen LogP contribution is 2.19. The van der Waals surface area contributed by atoms with Gasteiger partial charge in [0.15, 0.2) is 0 Å². The highest BCUT2D eigenvalue weighted by Gasteiger charge is 2.15. The lowest BCUT2D eigenvalue weighted by Crippen LogP contribution is -2.42. The van der Waals surface area contributed by atoms with E-state index >= 15 is 0 Å². The summed E-state index contributed by atoms with van der Waals surface area (Å²) in [5.74, 6) is 0. The van der Waals surface area contributed by atoms with Crippen LogP contribution in [0.2, 0.25) is 5.02 Å². The molecule has 1 aromatic carbocycles. The van der Waals surface area contributed by atoms with Gasteiger partial charge in [-0.1, -0.05) is 11.6 Å². The van der Waals surface area contributed by atoms with E-state index in [9.17, 15) is 5.11 Å². The lowest BCUT2D eigenvalue weighted by atomic mass is 10.2. The van der Waals surface area contributed by atoms with Gasteiger partial charge in [0.25, 0.3) is 0 Å². The van der Waals surface area contributed by atoms with Crippen molar-refractivity contribution in [3.8, 4) is 6.07 Å². The second-order valence-electron chi connectivity index (χ2n) is 4.75. The largest absolute Gasteiger partial charge is 0.390 e. The smallest absolute Gasteiger partial charge is 0.101 e. The molecule has 1 aromatic rings. The third-order valence-electron chi connectivity index (χ3n) is 3.20. The number of benzene rings is 1. The van der Waals surface area contributed by atoms with Crippen molar-refractivity contribution in [2.45, 2.75) is 6.10 Å². The van der Waals surface area contributed by atoms with E-state index in [-0.39, 0.29) is 0 Å². The van der Waals surface area contributed by atoms with Crippen molar-refractivity contribution in [2.75, 3.05) is 44.7 Å². The number of β-amino-alcohol motifs (C(OH)–C–C–N with tert-alkyl or cyclic N) is 1. The van der Waals surface area contributed by atoms with E-state index in [0.717, 1.165) is 26.3 Å². The summed E-state index contributed by atoms with van der Waals surface area (Å²) in [6, 6.07) is 7.17. The SMILES string of the molecule is N#Cc1cc(Cl)ccc1NC[C@H](O)CN1CCOCC1. The molecular weight excluding hydrogens is 278 g/mol. The summed E-state index contributed by atoms with van der Waals surface area (Å²) in [5, 5.41) is 22.7. The monoisotopic (exact) mass is 295 g/mol. The van der Waals surface area contributed by atoms with Gasteiger partial charge in [0.05, 0.1) is 30.6 Å². The average molecular weight is 296 g/mol. The number of ether oxygens (including phenoxy) is 1. The molecule has 0 unspecified atom stereocenters. The number of hydrogen-bond acceptors (Lipinski definition) is 5. The highest BCUT2D eigenvalue weighted by molar-refractivity contribution is 6.30. The number of nitrogens with zero attached hydrogens (tertiary/aromatic N) is 2. The molecule has 0 bridgehead atoms. The molecule has 0 radical (unpaired) electrons.